The van der Waals surface area contributed by atoms with E-state index < -0.39 is 29.3 Å². The van der Waals surface area contributed by atoms with Gasteiger partial charge in [0.15, 0.2) is 0 Å². The van der Waals surface area contributed by atoms with Crippen molar-refractivity contribution >= 4 is 23.4 Å². The standard InChI is InChI=1S/C24H22F3N5O4/c25-24(26,27)18-3-1-2-4-19(18)31-17-7-5-16(6-8-17)13-30-21(33)23(9-12-35-15-23)32-22(34)36-20-14-28-10-11-29-20/h1-8,10-11,14,31H,9,12-13,15H2,(H,30,33)(H,32,34)/t23-/m0/s1. The number of amides is 2. The van der Waals surface area contributed by atoms with Crippen LogP contribution < -0.4 is 20.7 Å². The van der Waals surface area contributed by atoms with Gasteiger partial charge in [-0.05, 0) is 29.8 Å². The Kier molecular flexibility index (Phi) is 7.34. The van der Waals surface area contributed by atoms with Crippen LogP contribution in [-0.2, 0) is 22.3 Å². The summed E-state index contributed by atoms with van der Waals surface area (Å²) in [6.45, 7) is 0.370. The Morgan fingerprint density at radius 1 is 1.08 bits per heavy atom. The van der Waals surface area contributed by atoms with Crippen LogP contribution in [0, 0.1) is 0 Å². The first-order chi connectivity index (χ1) is 17.2. The third kappa shape index (κ3) is 6.08. The Hall–Kier alpha value is -4.19. The van der Waals surface area contributed by atoms with Gasteiger partial charge in [0.1, 0.15) is 5.54 Å². The topological polar surface area (TPSA) is 114 Å². The molecule has 2 heterocycles. The van der Waals surface area contributed by atoms with E-state index in [9.17, 15) is 22.8 Å². The summed E-state index contributed by atoms with van der Waals surface area (Å²) in [6, 6.07) is 11.8. The number of halogens is 3. The van der Waals surface area contributed by atoms with Gasteiger partial charge >= 0.3 is 12.3 Å². The normalized spacial score (nSPS) is 17.3. The van der Waals surface area contributed by atoms with E-state index in [0.29, 0.717) is 11.3 Å². The van der Waals surface area contributed by atoms with E-state index in [-0.39, 0.29) is 37.7 Å². The molecule has 36 heavy (non-hydrogen) atoms. The zero-order valence-electron chi connectivity index (χ0n) is 18.8. The van der Waals surface area contributed by atoms with E-state index >= 15 is 0 Å². The maximum atomic E-state index is 13.2. The molecule has 12 heteroatoms. The molecule has 9 nitrogen and oxygen atoms in total. The molecule has 0 spiro atoms. The van der Waals surface area contributed by atoms with Crippen LogP contribution in [0.3, 0.4) is 0 Å². The largest absolute Gasteiger partial charge is 0.418 e. The molecule has 2 aromatic carbocycles. The summed E-state index contributed by atoms with van der Waals surface area (Å²) in [5, 5.41) is 8.09. The molecule has 3 N–H and O–H groups in total. The number of ether oxygens (including phenoxy) is 2. The van der Waals surface area contributed by atoms with Crippen LogP contribution in [0.25, 0.3) is 0 Å². The van der Waals surface area contributed by atoms with Gasteiger partial charge in [0.2, 0.25) is 11.8 Å². The number of carbonyl (C=O) groups excluding carboxylic acids is 2. The van der Waals surface area contributed by atoms with Crippen LogP contribution >= 0.6 is 0 Å². The van der Waals surface area contributed by atoms with Gasteiger partial charge in [-0.3, -0.25) is 9.78 Å². The van der Waals surface area contributed by atoms with Gasteiger partial charge in [-0.25, -0.2) is 9.78 Å². The summed E-state index contributed by atoms with van der Waals surface area (Å²) >= 11 is 0. The number of hydrogen-bond donors (Lipinski definition) is 3. The van der Waals surface area contributed by atoms with Crippen molar-refractivity contribution in [2.45, 2.75) is 24.7 Å². The molecule has 1 fully saturated rings. The third-order valence-corrected chi connectivity index (χ3v) is 5.45. The SMILES string of the molecule is O=C(N[C@@]1(C(=O)NCc2ccc(Nc3ccccc3C(F)(F)F)cc2)CCOC1)Oc1cnccn1. The lowest BCUT2D eigenvalue weighted by atomic mass is 9.97. The van der Waals surface area contributed by atoms with Crippen LogP contribution in [0.5, 0.6) is 5.88 Å². The molecule has 1 saturated heterocycles. The van der Waals surface area contributed by atoms with Crippen LogP contribution in [0.2, 0.25) is 0 Å². The molecule has 0 aliphatic carbocycles. The Labute approximate surface area is 204 Å². The Morgan fingerprint density at radius 3 is 2.53 bits per heavy atom. The smallest absolute Gasteiger partial charge is 0.390 e. The van der Waals surface area contributed by atoms with E-state index in [4.69, 9.17) is 9.47 Å². The number of carbonyl (C=O) groups is 2. The molecule has 0 unspecified atom stereocenters. The second-order valence-electron chi connectivity index (χ2n) is 7.99. The molecule has 1 aliphatic rings. The number of alkyl halides is 3. The van der Waals surface area contributed by atoms with Crippen molar-refractivity contribution in [2.75, 3.05) is 18.5 Å². The van der Waals surface area contributed by atoms with Gasteiger partial charge in [0.05, 0.1) is 24.1 Å². The van der Waals surface area contributed by atoms with Gasteiger partial charge in [0, 0.05) is 37.7 Å². The fourth-order valence-corrected chi connectivity index (χ4v) is 3.61. The van der Waals surface area contributed by atoms with Gasteiger partial charge in [-0.2, -0.15) is 13.2 Å². The summed E-state index contributed by atoms with van der Waals surface area (Å²) in [5.41, 5.74) is -0.989. The second-order valence-corrected chi connectivity index (χ2v) is 7.99. The van der Waals surface area contributed by atoms with E-state index in [2.05, 4.69) is 25.9 Å². The molecule has 4 rings (SSSR count). The molecule has 0 radical (unpaired) electrons. The van der Waals surface area contributed by atoms with Crippen molar-refractivity contribution in [2.24, 2.45) is 0 Å². The van der Waals surface area contributed by atoms with Crippen molar-refractivity contribution < 1.29 is 32.2 Å². The minimum atomic E-state index is -4.48. The molecular formula is C24H22F3N5O4. The Balaban J connectivity index is 1.36. The van der Waals surface area contributed by atoms with E-state index in [1.807, 2.05) is 0 Å². The van der Waals surface area contributed by atoms with Gasteiger partial charge in [-0.15, -0.1) is 0 Å². The lowest BCUT2D eigenvalue weighted by Gasteiger charge is -2.26. The fourth-order valence-electron chi connectivity index (χ4n) is 3.61. The summed E-state index contributed by atoms with van der Waals surface area (Å²) in [7, 11) is 0. The number of para-hydroxylation sites is 1. The van der Waals surface area contributed by atoms with Crippen LogP contribution in [0.1, 0.15) is 17.5 Å². The monoisotopic (exact) mass is 501 g/mol. The minimum Gasteiger partial charge on any atom is -0.390 e. The quantitative estimate of drug-likeness (QED) is 0.451. The van der Waals surface area contributed by atoms with E-state index in [1.54, 1.807) is 24.3 Å². The zero-order chi connectivity index (χ0) is 25.6. The number of benzene rings is 2. The number of nitrogens with zero attached hydrogens (tertiary/aromatic N) is 2. The molecule has 1 aliphatic heterocycles. The highest BCUT2D eigenvalue weighted by atomic mass is 19.4. The highest BCUT2D eigenvalue weighted by Crippen LogP contribution is 2.35. The van der Waals surface area contributed by atoms with E-state index in [1.165, 1.54) is 36.8 Å². The first-order valence-electron chi connectivity index (χ1n) is 10.9. The Bertz CT molecular complexity index is 1200. The molecule has 2 amide bonds. The van der Waals surface area contributed by atoms with Crippen molar-refractivity contribution in [3.63, 3.8) is 0 Å². The summed E-state index contributed by atoms with van der Waals surface area (Å²) in [4.78, 5) is 32.9. The van der Waals surface area contributed by atoms with Gasteiger partial charge in [0.25, 0.3) is 0 Å². The van der Waals surface area contributed by atoms with Crippen LogP contribution in [0.4, 0.5) is 29.3 Å². The molecule has 3 aromatic rings. The van der Waals surface area contributed by atoms with Gasteiger partial charge < -0.3 is 25.4 Å². The lowest BCUT2D eigenvalue weighted by molar-refractivity contribution is -0.137. The average Bonchev–Trinajstić information content (AvgIpc) is 3.33. The van der Waals surface area contributed by atoms with Gasteiger partial charge in [-0.1, -0.05) is 24.3 Å². The predicted octanol–water partition coefficient (Wildman–Crippen LogP) is 3.80. The first kappa shape index (κ1) is 24.9. The number of anilines is 2. The number of rotatable bonds is 7. The number of aromatic nitrogens is 2. The highest BCUT2D eigenvalue weighted by Gasteiger charge is 2.44. The van der Waals surface area contributed by atoms with Crippen molar-refractivity contribution in [1.82, 2.24) is 20.6 Å². The molecule has 188 valence electrons. The first-order valence-corrected chi connectivity index (χ1v) is 10.9. The highest BCUT2D eigenvalue weighted by molar-refractivity contribution is 5.90. The molecule has 0 saturated carbocycles. The maximum absolute atomic E-state index is 13.2. The minimum absolute atomic E-state index is 0.0176. The second kappa shape index (κ2) is 10.6. The maximum Gasteiger partial charge on any atom is 0.418 e. The van der Waals surface area contributed by atoms with Crippen molar-refractivity contribution in [3.8, 4) is 5.88 Å². The van der Waals surface area contributed by atoms with Crippen molar-refractivity contribution in [3.05, 3.63) is 78.2 Å². The zero-order valence-corrected chi connectivity index (χ0v) is 18.8. The van der Waals surface area contributed by atoms with E-state index in [0.717, 1.165) is 6.07 Å². The predicted molar refractivity (Wildman–Crippen MR) is 122 cm³/mol. The lowest BCUT2D eigenvalue weighted by Crippen LogP contribution is -2.59. The Morgan fingerprint density at radius 2 is 1.86 bits per heavy atom. The average molecular weight is 501 g/mol. The van der Waals surface area contributed by atoms with Crippen molar-refractivity contribution in [1.29, 1.82) is 0 Å². The van der Waals surface area contributed by atoms with Crippen LogP contribution in [0.15, 0.2) is 67.1 Å². The fraction of sp³-hybridized carbons (Fsp3) is 0.250. The molecular weight excluding hydrogens is 479 g/mol. The molecule has 1 atom stereocenters. The third-order valence-electron chi connectivity index (χ3n) is 5.45. The molecule has 1 aromatic heterocycles. The summed E-state index contributed by atoms with van der Waals surface area (Å²) in [6.07, 6.45) is -1.06. The summed E-state index contributed by atoms with van der Waals surface area (Å²) in [5.74, 6) is -0.478. The summed E-state index contributed by atoms with van der Waals surface area (Å²) < 4.78 is 50.0. The molecule has 0 bridgehead atoms. The van der Waals surface area contributed by atoms with Crippen LogP contribution in [-0.4, -0.2) is 40.7 Å². The number of nitrogens with one attached hydrogen (secondary N) is 3. The number of hydrogen-bond acceptors (Lipinski definition) is 7.